The van der Waals surface area contributed by atoms with Gasteiger partial charge in [0.1, 0.15) is 5.82 Å². The smallest absolute Gasteiger partial charge is 0.227 e. The molecule has 120 valence electrons. The average molecular weight is 386 g/mol. The van der Waals surface area contributed by atoms with E-state index in [9.17, 15) is 4.79 Å². The summed E-state index contributed by atoms with van der Waals surface area (Å²) in [5, 5.41) is 9.17. The highest BCUT2D eigenvalue weighted by molar-refractivity contribution is 9.10. The normalized spacial score (nSPS) is 11.1. The van der Waals surface area contributed by atoms with Gasteiger partial charge in [-0.15, -0.1) is 11.3 Å². The molecule has 0 aliphatic carbocycles. The second-order valence-corrected chi connectivity index (χ2v) is 7.28. The molecule has 1 N–H and O–H groups in total. The molecule has 0 aliphatic heterocycles. The van der Waals surface area contributed by atoms with Crippen molar-refractivity contribution in [2.45, 2.75) is 26.8 Å². The Morgan fingerprint density at radius 2 is 2.36 bits per heavy atom. The number of thiophene rings is 1. The molecule has 7 heteroatoms. The van der Waals surface area contributed by atoms with Crippen molar-refractivity contribution in [3.8, 4) is 0 Å². The Bertz CT molecular complexity index is 609. The van der Waals surface area contributed by atoms with E-state index >= 15 is 0 Å². The fourth-order valence-electron chi connectivity index (χ4n) is 1.84. The van der Waals surface area contributed by atoms with Crippen LogP contribution in [0.1, 0.15) is 25.1 Å². The Morgan fingerprint density at radius 3 is 3.05 bits per heavy atom. The van der Waals surface area contributed by atoms with E-state index in [4.69, 9.17) is 4.74 Å². The van der Waals surface area contributed by atoms with Crippen molar-refractivity contribution in [1.29, 1.82) is 0 Å². The van der Waals surface area contributed by atoms with Crippen LogP contribution in [0.3, 0.4) is 0 Å². The SMILES string of the molecule is CC(C)COCCC(=O)Nc1ccnn1Cc1cc(Br)cs1. The van der Waals surface area contributed by atoms with Gasteiger partial charge in [0, 0.05) is 27.4 Å². The van der Waals surface area contributed by atoms with Crippen molar-refractivity contribution < 1.29 is 9.53 Å². The van der Waals surface area contributed by atoms with Gasteiger partial charge >= 0.3 is 0 Å². The topological polar surface area (TPSA) is 56.1 Å². The number of carbonyl (C=O) groups is 1. The first-order valence-corrected chi connectivity index (χ1v) is 8.84. The van der Waals surface area contributed by atoms with Crippen LogP contribution in [0.15, 0.2) is 28.2 Å². The van der Waals surface area contributed by atoms with E-state index in [-0.39, 0.29) is 5.91 Å². The summed E-state index contributed by atoms with van der Waals surface area (Å²) in [7, 11) is 0. The maximum Gasteiger partial charge on any atom is 0.227 e. The van der Waals surface area contributed by atoms with Gasteiger partial charge in [-0.25, -0.2) is 4.68 Å². The maximum absolute atomic E-state index is 11.9. The summed E-state index contributed by atoms with van der Waals surface area (Å²) in [6.07, 6.45) is 2.04. The summed E-state index contributed by atoms with van der Waals surface area (Å²) in [6, 6.07) is 3.85. The lowest BCUT2D eigenvalue weighted by Crippen LogP contribution is -2.18. The molecule has 0 bridgehead atoms. The molecule has 5 nitrogen and oxygen atoms in total. The number of halogens is 1. The lowest BCUT2D eigenvalue weighted by molar-refractivity contribution is -0.117. The molecule has 0 saturated heterocycles. The van der Waals surface area contributed by atoms with Crippen LogP contribution in [0.4, 0.5) is 5.82 Å². The number of hydrogen-bond donors (Lipinski definition) is 1. The minimum absolute atomic E-state index is 0.0575. The molecule has 0 fully saturated rings. The summed E-state index contributed by atoms with van der Waals surface area (Å²) in [4.78, 5) is 13.1. The number of anilines is 1. The highest BCUT2D eigenvalue weighted by Crippen LogP contribution is 2.21. The molecule has 0 aromatic carbocycles. The largest absolute Gasteiger partial charge is 0.381 e. The van der Waals surface area contributed by atoms with E-state index in [0.717, 1.165) is 4.47 Å². The minimum atomic E-state index is -0.0575. The Kier molecular flexibility index (Phi) is 6.60. The molecular formula is C15H20BrN3O2S. The fourth-order valence-corrected chi connectivity index (χ4v) is 3.27. The van der Waals surface area contributed by atoms with Crippen molar-refractivity contribution in [3.05, 3.63) is 33.1 Å². The molecule has 0 atom stereocenters. The average Bonchev–Trinajstić information content (AvgIpc) is 3.05. The van der Waals surface area contributed by atoms with Gasteiger partial charge in [-0.1, -0.05) is 13.8 Å². The number of carbonyl (C=O) groups excluding carboxylic acids is 1. The van der Waals surface area contributed by atoms with Crippen LogP contribution in [-0.4, -0.2) is 28.9 Å². The number of nitrogens with one attached hydrogen (secondary N) is 1. The molecule has 2 rings (SSSR count). The molecule has 0 radical (unpaired) electrons. The van der Waals surface area contributed by atoms with Gasteiger partial charge in [0.25, 0.3) is 0 Å². The molecular weight excluding hydrogens is 366 g/mol. The van der Waals surface area contributed by atoms with E-state index in [2.05, 4.69) is 46.3 Å². The lowest BCUT2D eigenvalue weighted by Gasteiger charge is -2.09. The Morgan fingerprint density at radius 1 is 1.55 bits per heavy atom. The molecule has 2 heterocycles. The van der Waals surface area contributed by atoms with E-state index in [1.54, 1.807) is 28.3 Å². The van der Waals surface area contributed by atoms with E-state index in [0.29, 0.717) is 37.9 Å². The third kappa shape index (κ3) is 5.55. The van der Waals surface area contributed by atoms with Crippen LogP contribution in [0.5, 0.6) is 0 Å². The van der Waals surface area contributed by atoms with Crippen molar-refractivity contribution in [2.75, 3.05) is 18.5 Å². The Balaban J connectivity index is 1.83. The van der Waals surface area contributed by atoms with E-state index in [1.165, 1.54) is 4.88 Å². The molecule has 1 amide bonds. The lowest BCUT2D eigenvalue weighted by atomic mass is 10.2. The molecule has 0 saturated carbocycles. The van der Waals surface area contributed by atoms with Crippen molar-refractivity contribution in [3.63, 3.8) is 0 Å². The second-order valence-electron chi connectivity index (χ2n) is 5.37. The van der Waals surface area contributed by atoms with Gasteiger partial charge in [0.15, 0.2) is 0 Å². The third-order valence-corrected chi connectivity index (χ3v) is 4.52. The zero-order valence-electron chi connectivity index (χ0n) is 12.7. The van der Waals surface area contributed by atoms with E-state index in [1.807, 2.05) is 5.38 Å². The minimum Gasteiger partial charge on any atom is -0.381 e. The first kappa shape index (κ1) is 17.2. The van der Waals surface area contributed by atoms with Crippen molar-refractivity contribution in [2.24, 2.45) is 5.92 Å². The van der Waals surface area contributed by atoms with Crippen LogP contribution in [0.2, 0.25) is 0 Å². The van der Waals surface area contributed by atoms with E-state index < -0.39 is 0 Å². The Labute approximate surface area is 142 Å². The van der Waals surface area contributed by atoms with Gasteiger partial charge < -0.3 is 10.1 Å². The van der Waals surface area contributed by atoms with Gasteiger partial charge in [0.2, 0.25) is 5.91 Å². The number of amides is 1. The van der Waals surface area contributed by atoms with Crippen LogP contribution in [0.25, 0.3) is 0 Å². The summed E-state index contributed by atoms with van der Waals surface area (Å²) < 4.78 is 8.27. The van der Waals surface area contributed by atoms with Crippen LogP contribution in [0, 0.1) is 5.92 Å². The van der Waals surface area contributed by atoms with Crippen LogP contribution in [-0.2, 0) is 16.1 Å². The summed E-state index contributed by atoms with van der Waals surface area (Å²) in [6.45, 7) is 5.93. The quantitative estimate of drug-likeness (QED) is 0.703. The number of ether oxygens (including phenoxy) is 1. The predicted molar refractivity (Wildman–Crippen MR) is 92.3 cm³/mol. The number of nitrogens with zero attached hydrogens (tertiary/aromatic N) is 2. The summed E-state index contributed by atoms with van der Waals surface area (Å²) >= 11 is 5.09. The zero-order chi connectivity index (χ0) is 15.9. The Hall–Kier alpha value is -1.18. The zero-order valence-corrected chi connectivity index (χ0v) is 15.1. The van der Waals surface area contributed by atoms with Gasteiger partial charge in [-0.05, 0) is 27.9 Å². The van der Waals surface area contributed by atoms with Crippen molar-refractivity contribution >= 4 is 39.0 Å². The molecule has 0 spiro atoms. The van der Waals surface area contributed by atoms with Gasteiger partial charge in [-0.3, -0.25) is 4.79 Å². The molecule has 2 aromatic rings. The predicted octanol–water partition coefficient (Wildman–Crippen LogP) is 3.76. The first-order chi connectivity index (χ1) is 10.5. The third-order valence-electron chi connectivity index (χ3n) is 2.84. The number of rotatable bonds is 8. The van der Waals surface area contributed by atoms with Gasteiger partial charge in [-0.2, -0.15) is 5.10 Å². The second kappa shape index (κ2) is 8.45. The van der Waals surface area contributed by atoms with Gasteiger partial charge in [0.05, 0.1) is 25.8 Å². The molecule has 2 aromatic heterocycles. The van der Waals surface area contributed by atoms with Crippen LogP contribution >= 0.6 is 27.3 Å². The fraction of sp³-hybridized carbons (Fsp3) is 0.467. The summed E-state index contributed by atoms with van der Waals surface area (Å²) in [5.74, 6) is 1.13. The highest BCUT2D eigenvalue weighted by atomic mass is 79.9. The van der Waals surface area contributed by atoms with Crippen molar-refractivity contribution in [1.82, 2.24) is 9.78 Å². The van der Waals surface area contributed by atoms with Crippen LogP contribution < -0.4 is 5.32 Å². The molecule has 22 heavy (non-hydrogen) atoms. The summed E-state index contributed by atoms with van der Waals surface area (Å²) in [5.41, 5.74) is 0. The number of hydrogen-bond acceptors (Lipinski definition) is 4. The highest BCUT2D eigenvalue weighted by Gasteiger charge is 2.09. The monoisotopic (exact) mass is 385 g/mol. The number of aromatic nitrogens is 2. The maximum atomic E-state index is 11.9. The molecule has 0 aliphatic rings. The standard InChI is InChI=1S/C15H20BrN3O2S/c1-11(2)9-21-6-4-15(20)18-14-3-5-17-19(14)8-13-7-12(16)10-22-13/h3,5,7,10-11H,4,6,8-9H2,1-2H3,(H,18,20). The first-order valence-electron chi connectivity index (χ1n) is 7.17. The molecule has 0 unspecified atom stereocenters.